The van der Waals surface area contributed by atoms with Crippen molar-refractivity contribution in [1.29, 1.82) is 0 Å². The van der Waals surface area contributed by atoms with Gasteiger partial charge in [-0.1, -0.05) is 0 Å². The van der Waals surface area contributed by atoms with E-state index in [0.29, 0.717) is 0 Å². The Hall–Kier alpha value is -1.03. The molecule has 0 bridgehead atoms. The van der Waals surface area contributed by atoms with E-state index in [4.69, 9.17) is 0 Å². The van der Waals surface area contributed by atoms with E-state index in [-0.39, 0.29) is 0 Å². The van der Waals surface area contributed by atoms with Crippen LogP contribution in [0.5, 0.6) is 0 Å². The molecule has 1 N–H and O–H groups in total. The van der Waals surface area contributed by atoms with Crippen LogP contribution in [0.4, 0.5) is 0 Å². The van der Waals surface area contributed by atoms with Crippen molar-refractivity contribution in [1.82, 2.24) is 15.2 Å². The van der Waals surface area contributed by atoms with Gasteiger partial charge in [-0.2, -0.15) is 9.89 Å². The van der Waals surface area contributed by atoms with Crippen LogP contribution < -0.4 is 10.3 Å². The second kappa shape index (κ2) is 2.92. The van der Waals surface area contributed by atoms with Crippen LogP contribution in [0.1, 0.15) is 0 Å². The molecule has 60 valence electrons. The zero-order valence-electron chi connectivity index (χ0n) is 6.40. The summed E-state index contributed by atoms with van der Waals surface area (Å²) >= 11 is 0. The van der Waals surface area contributed by atoms with Gasteiger partial charge in [0.1, 0.15) is 0 Å². The van der Waals surface area contributed by atoms with Crippen LogP contribution in [0, 0.1) is 0 Å². The third-order valence-electron chi connectivity index (χ3n) is 1.87. The van der Waals surface area contributed by atoms with Crippen LogP contribution in [-0.4, -0.2) is 36.1 Å². The van der Waals surface area contributed by atoms with Crippen LogP contribution in [0.25, 0.3) is 0 Å². The first kappa shape index (κ1) is 6.67. The van der Waals surface area contributed by atoms with E-state index in [1.165, 1.54) is 0 Å². The summed E-state index contributed by atoms with van der Waals surface area (Å²) in [5.41, 5.74) is 0. The molecule has 11 heavy (non-hydrogen) atoms. The molecule has 2 heterocycles. The number of aromatic nitrogens is 2. The van der Waals surface area contributed by atoms with Gasteiger partial charge in [-0.3, -0.25) is 5.01 Å². The average Bonchev–Trinajstić information content (AvgIpc) is 2.58. The minimum Gasteiger partial charge on any atom is -0.313 e. The molecule has 0 aromatic carbocycles. The molecule has 1 aromatic rings. The Bertz CT molecular complexity index is 200. The van der Waals surface area contributed by atoms with Crippen LogP contribution in [-0.2, 0) is 0 Å². The molecule has 4 nitrogen and oxygen atoms in total. The van der Waals surface area contributed by atoms with Gasteiger partial charge in [-0.05, 0) is 6.07 Å². The minimum atomic E-state index is 1.04. The lowest BCUT2D eigenvalue weighted by molar-refractivity contribution is 0.460. The topological polar surface area (TPSA) is 33.1 Å². The van der Waals surface area contributed by atoms with Gasteiger partial charge in [0.25, 0.3) is 0 Å². The van der Waals surface area contributed by atoms with Gasteiger partial charge in [-0.15, -0.1) is 0 Å². The maximum atomic E-state index is 4.15. The van der Waals surface area contributed by atoms with Gasteiger partial charge >= 0.3 is 0 Å². The summed E-state index contributed by atoms with van der Waals surface area (Å²) in [6.45, 7) is 4.20. The lowest BCUT2D eigenvalue weighted by atomic mass is 10.4. The predicted molar refractivity (Wildman–Crippen MR) is 43.0 cm³/mol. The maximum Gasteiger partial charge on any atom is 0.0510 e. The summed E-state index contributed by atoms with van der Waals surface area (Å²) in [5.74, 6) is 0. The SMILES string of the molecule is c1cnn(N2CCNCC2)c1. The predicted octanol–water partition coefficient (Wildman–Crippen LogP) is -0.576. The smallest absolute Gasteiger partial charge is 0.0510 e. The summed E-state index contributed by atoms with van der Waals surface area (Å²) in [6.07, 6.45) is 3.79. The van der Waals surface area contributed by atoms with Crippen molar-refractivity contribution in [2.45, 2.75) is 0 Å². The molecule has 1 aliphatic heterocycles. The van der Waals surface area contributed by atoms with Crippen molar-refractivity contribution in [3.63, 3.8) is 0 Å². The molecule has 1 fully saturated rings. The van der Waals surface area contributed by atoms with E-state index in [1.54, 1.807) is 0 Å². The Labute approximate surface area is 65.8 Å². The van der Waals surface area contributed by atoms with Gasteiger partial charge in [-0.25, -0.2) is 0 Å². The van der Waals surface area contributed by atoms with Crippen LogP contribution in [0.15, 0.2) is 18.5 Å². The van der Waals surface area contributed by atoms with Crippen molar-refractivity contribution in [3.8, 4) is 0 Å². The lowest BCUT2D eigenvalue weighted by Gasteiger charge is -2.28. The fourth-order valence-corrected chi connectivity index (χ4v) is 1.29. The Kier molecular flexibility index (Phi) is 1.77. The van der Waals surface area contributed by atoms with Crippen LogP contribution in [0.2, 0.25) is 0 Å². The zero-order valence-corrected chi connectivity index (χ0v) is 6.40. The molecule has 0 atom stereocenters. The molecule has 1 saturated heterocycles. The highest BCUT2D eigenvalue weighted by atomic mass is 15.7. The van der Waals surface area contributed by atoms with Crippen molar-refractivity contribution >= 4 is 0 Å². The molecule has 1 aliphatic rings. The Morgan fingerprint density at radius 1 is 1.27 bits per heavy atom. The van der Waals surface area contributed by atoms with E-state index >= 15 is 0 Å². The molecule has 0 aliphatic carbocycles. The van der Waals surface area contributed by atoms with E-state index in [0.717, 1.165) is 26.2 Å². The number of nitrogens with one attached hydrogen (secondary N) is 1. The second-order valence-electron chi connectivity index (χ2n) is 2.63. The highest BCUT2D eigenvalue weighted by Gasteiger charge is 2.08. The Morgan fingerprint density at radius 2 is 2.09 bits per heavy atom. The molecule has 2 rings (SSSR count). The largest absolute Gasteiger partial charge is 0.313 e. The van der Waals surface area contributed by atoms with Gasteiger partial charge in [0.2, 0.25) is 0 Å². The lowest BCUT2D eigenvalue weighted by Crippen LogP contribution is -2.49. The molecule has 0 radical (unpaired) electrons. The van der Waals surface area contributed by atoms with Gasteiger partial charge in [0, 0.05) is 32.4 Å². The number of rotatable bonds is 1. The van der Waals surface area contributed by atoms with E-state index in [1.807, 2.05) is 23.3 Å². The minimum absolute atomic E-state index is 1.04. The molecule has 0 amide bonds. The first-order valence-electron chi connectivity index (χ1n) is 3.92. The summed E-state index contributed by atoms with van der Waals surface area (Å²) in [4.78, 5) is 1.90. The molecule has 0 unspecified atom stereocenters. The number of nitrogens with zero attached hydrogens (tertiary/aromatic N) is 3. The van der Waals surface area contributed by atoms with Gasteiger partial charge in [0.05, 0.1) is 6.20 Å². The Balaban J connectivity index is 2.04. The fraction of sp³-hybridized carbons (Fsp3) is 0.571. The summed E-state index contributed by atoms with van der Waals surface area (Å²) < 4.78 is 0. The normalized spacial score (nSPS) is 18.7. The van der Waals surface area contributed by atoms with E-state index in [9.17, 15) is 0 Å². The van der Waals surface area contributed by atoms with Gasteiger partial charge < -0.3 is 5.32 Å². The quantitative estimate of drug-likeness (QED) is 0.584. The third kappa shape index (κ3) is 1.35. The first-order chi connectivity index (χ1) is 5.47. The van der Waals surface area contributed by atoms with E-state index < -0.39 is 0 Å². The third-order valence-corrected chi connectivity index (χ3v) is 1.87. The average molecular weight is 152 g/mol. The monoisotopic (exact) mass is 152 g/mol. The molecule has 1 aromatic heterocycles. The fourth-order valence-electron chi connectivity index (χ4n) is 1.29. The van der Waals surface area contributed by atoms with Crippen molar-refractivity contribution in [2.24, 2.45) is 0 Å². The second-order valence-corrected chi connectivity index (χ2v) is 2.63. The number of hydrogen-bond donors (Lipinski definition) is 1. The summed E-state index contributed by atoms with van der Waals surface area (Å²) in [6, 6.07) is 1.95. The maximum absolute atomic E-state index is 4.15. The summed E-state index contributed by atoms with van der Waals surface area (Å²) in [7, 11) is 0. The molecule has 0 spiro atoms. The van der Waals surface area contributed by atoms with Crippen molar-refractivity contribution in [2.75, 3.05) is 31.2 Å². The molecular weight excluding hydrogens is 140 g/mol. The van der Waals surface area contributed by atoms with Crippen molar-refractivity contribution < 1.29 is 0 Å². The Morgan fingerprint density at radius 3 is 2.73 bits per heavy atom. The van der Waals surface area contributed by atoms with Crippen molar-refractivity contribution in [3.05, 3.63) is 18.5 Å². The molecular formula is C7H12N4. The molecule has 4 heteroatoms. The first-order valence-corrected chi connectivity index (χ1v) is 3.92. The standard InChI is InChI=1S/C7H12N4/c1-2-9-11(5-1)10-6-3-8-4-7-10/h1-2,5,8H,3-4,6-7H2. The number of piperazine rings is 1. The van der Waals surface area contributed by atoms with E-state index in [2.05, 4.69) is 15.4 Å². The highest BCUT2D eigenvalue weighted by Crippen LogP contribution is 1.91. The van der Waals surface area contributed by atoms with Crippen LogP contribution >= 0.6 is 0 Å². The van der Waals surface area contributed by atoms with Gasteiger partial charge in [0.15, 0.2) is 0 Å². The zero-order chi connectivity index (χ0) is 7.52. The highest BCUT2D eigenvalue weighted by molar-refractivity contribution is 4.91. The number of hydrogen-bond acceptors (Lipinski definition) is 3. The van der Waals surface area contributed by atoms with Crippen LogP contribution in [0.3, 0.4) is 0 Å². The molecule has 0 saturated carbocycles. The summed E-state index contributed by atoms with van der Waals surface area (Å²) in [5, 5.41) is 9.67.